The average molecular weight is 525 g/mol. The fourth-order valence-electron chi connectivity index (χ4n) is 4.65. The van der Waals surface area contributed by atoms with Crippen LogP contribution in [0, 0.1) is 0 Å². The molecule has 38 heavy (non-hydrogen) atoms. The number of hydrogen-bond donors (Lipinski definition) is 2. The van der Waals surface area contributed by atoms with E-state index in [1.54, 1.807) is 20.3 Å². The number of phenolic OH excluding ortho intramolecular Hbond substituents is 2. The Morgan fingerprint density at radius 2 is 1.05 bits per heavy atom. The van der Waals surface area contributed by atoms with Gasteiger partial charge in [-0.3, -0.25) is 0 Å². The van der Waals surface area contributed by atoms with Gasteiger partial charge in [-0.1, -0.05) is 33.6 Å². The van der Waals surface area contributed by atoms with Crippen LogP contribution in [-0.4, -0.2) is 38.7 Å². The Morgan fingerprint density at radius 3 is 1.53 bits per heavy atom. The van der Waals surface area contributed by atoms with Gasteiger partial charge in [0.1, 0.15) is 6.10 Å². The van der Waals surface area contributed by atoms with Crippen molar-refractivity contribution >= 4 is 0 Å². The first-order valence-electron chi connectivity index (χ1n) is 13.1. The predicted molar refractivity (Wildman–Crippen MR) is 150 cm³/mol. The Labute approximate surface area is 225 Å². The predicted octanol–water partition coefficient (Wildman–Crippen LogP) is 7.23. The molecule has 2 N–H and O–H groups in total. The van der Waals surface area contributed by atoms with Crippen molar-refractivity contribution in [1.29, 1.82) is 0 Å². The number of hydrogen-bond acceptors (Lipinski definition) is 7. The van der Waals surface area contributed by atoms with Gasteiger partial charge in [-0.25, -0.2) is 0 Å². The molecule has 1 atom stereocenters. The number of aryl methyl sites for hydroxylation is 2. The molecule has 7 nitrogen and oxygen atoms in total. The summed E-state index contributed by atoms with van der Waals surface area (Å²) in [5.41, 5.74) is 3.74. The van der Waals surface area contributed by atoms with E-state index in [0.717, 1.165) is 42.4 Å². The first-order valence-corrected chi connectivity index (χ1v) is 13.1. The van der Waals surface area contributed by atoms with Gasteiger partial charge in [-0.2, -0.15) is 0 Å². The van der Waals surface area contributed by atoms with Gasteiger partial charge >= 0.3 is 0 Å². The maximum Gasteiger partial charge on any atom is 0.204 e. The molecule has 206 valence electrons. The fourth-order valence-corrected chi connectivity index (χ4v) is 4.65. The summed E-state index contributed by atoms with van der Waals surface area (Å²) in [4.78, 5) is 0. The van der Waals surface area contributed by atoms with E-state index in [0.29, 0.717) is 40.5 Å². The van der Waals surface area contributed by atoms with Crippen LogP contribution in [0.3, 0.4) is 0 Å². The topological polar surface area (TPSA) is 86.6 Å². The van der Waals surface area contributed by atoms with Crippen LogP contribution < -0.4 is 23.7 Å². The molecule has 0 heterocycles. The summed E-state index contributed by atoms with van der Waals surface area (Å²) in [5.74, 6) is 2.18. The van der Waals surface area contributed by atoms with E-state index in [2.05, 4.69) is 13.8 Å². The Balaban J connectivity index is 2.16. The summed E-state index contributed by atoms with van der Waals surface area (Å²) in [7, 11) is 6.23. The second-order valence-corrected chi connectivity index (χ2v) is 9.16. The van der Waals surface area contributed by atoms with E-state index >= 15 is 0 Å². The van der Waals surface area contributed by atoms with Crippen LogP contribution in [-0.2, 0) is 12.8 Å². The van der Waals surface area contributed by atoms with E-state index in [1.165, 1.54) is 14.2 Å². The Kier molecular flexibility index (Phi) is 9.99. The van der Waals surface area contributed by atoms with E-state index in [1.807, 2.05) is 37.3 Å². The second-order valence-electron chi connectivity index (χ2n) is 9.16. The monoisotopic (exact) mass is 524 g/mol. The Hall–Kier alpha value is -3.74. The number of benzene rings is 3. The zero-order valence-electron chi connectivity index (χ0n) is 23.5. The number of ether oxygens (including phenoxy) is 5. The largest absolute Gasteiger partial charge is 0.504 e. The number of aromatic hydroxyl groups is 2. The number of methoxy groups -OCH3 is 4. The van der Waals surface area contributed by atoms with E-state index in [-0.39, 0.29) is 17.2 Å². The van der Waals surface area contributed by atoms with Gasteiger partial charge in [0, 0.05) is 11.1 Å². The molecule has 3 rings (SSSR count). The lowest BCUT2D eigenvalue weighted by Crippen LogP contribution is -2.09. The molecule has 0 spiro atoms. The van der Waals surface area contributed by atoms with Crippen LogP contribution >= 0.6 is 0 Å². The quantitative estimate of drug-likeness (QED) is 0.244. The van der Waals surface area contributed by atoms with Crippen LogP contribution in [0.1, 0.15) is 62.8 Å². The van der Waals surface area contributed by atoms with Crippen LogP contribution in [0.2, 0.25) is 0 Å². The zero-order chi connectivity index (χ0) is 27.8. The lowest BCUT2D eigenvalue weighted by atomic mass is 9.94. The molecule has 7 heteroatoms. The highest BCUT2D eigenvalue weighted by molar-refractivity contribution is 5.81. The summed E-state index contributed by atoms with van der Waals surface area (Å²) in [5, 5.41) is 22.1. The van der Waals surface area contributed by atoms with Gasteiger partial charge in [-0.05, 0) is 72.4 Å². The molecule has 0 aromatic heterocycles. The van der Waals surface area contributed by atoms with Crippen molar-refractivity contribution in [2.45, 2.75) is 59.0 Å². The van der Waals surface area contributed by atoms with Gasteiger partial charge in [0.2, 0.25) is 5.75 Å². The van der Waals surface area contributed by atoms with E-state index in [4.69, 9.17) is 23.7 Å². The van der Waals surface area contributed by atoms with Crippen molar-refractivity contribution in [2.75, 3.05) is 28.4 Å². The Morgan fingerprint density at radius 1 is 0.605 bits per heavy atom. The lowest BCUT2D eigenvalue weighted by molar-refractivity contribution is 0.183. The summed E-state index contributed by atoms with van der Waals surface area (Å²) < 4.78 is 28.8. The molecule has 0 amide bonds. The molecule has 0 aliphatic heterocycles. The van der Waals surface area contributed by atoms with E-state index in [9.17, 15) is 10.2 Å². The average Bonchev–Trinajstić information content (AvgIpc) is 2.93. The van der Waals surface area contributed by atoms with Gasteiger partial charge in [0.05, 0.1) is 28.4 Å². The first-order chi connectivity index (χ1) is 18.3. The van der Waals surface area contributed by atoms with Gasteiger partial charge in [0.15, 0.2) is 34.5 Å². The Bertz CT molecular complexity index is 1210. The summed E-state index contributed by atoms with van der Waals surface area (Å²) in [6.45, 7) is 6.22. The summed E-state index contributed by atoms with van der Waals surface area (Å²) in [6.07, 6.45) is 3.81. The van der Waals surface area contributed by atoms with Crippen molar-refractivity contribution in [1.82, 2.24) is 0 Å². The zero-order valence-corrected chi connectivity index (χ0v) is 23.5. The van der Waals surface area contributed by atoms with Gasteiger partial charge in [0.25, 0.3) is 0 Å². The van der Waals surface area contributed by atoms with E-state index < -0.39 is 6.10 Å². The standard InChI is InChI=1S/C31H40O7/c1-8-11-19-13-22(29(32)25(14-19)34-4)23-17-21(18-26(35-5)30(23)33)24(10-3)38-31-27(36-6)15-20(12-9-2)16-28(31)37-7/h13-18,24,32-33H,8-12H2,1-7H3. The normalized spacial score (nSPS) is 11.7. The number of phenols is 2. The third-order valence-electron chi connectivity index (χ3n) is 6.56. The highest BCUT2D eigenvalue weighted by Crippen LogP contribution is 2.48. The van der Waals surface area contributed by atoms with Crippen LogP contribution in [0.25, 0.3) is 11.1 Å². The first kappa shape index (κ1) is 28.8. The number of rotatable bonds is 13. The molecule has 0 saturated heterocycles. The van der Waals surface area contributed by atoms with Crippen molar-refractivity contribution < 1.29 is 33.9 Å². The third-order valence-corrected chi connectivity index (χ3v) is 6.56. The second kappa shape index (κ2) is 13.2. The molecular weight excluding hydrogens is 484 g/mol. The molecule has 0 saturated carbocycles. The highest BCUT2D eigenvalue weighted by atomic mass is 16.5. The molecule has 0 radical (unpaired) electrons. The van der Waals surface area contributed by atoms with Crippen molar-refractivity contribution in [3.05, 3.63) is 53.1 Å². The minimum atomic E-state index is -0.425. The molecule has 0 fully saturated rings. The minimum absolute atomic E-state index is 0.0503. The molecular formula is C31H40O7. The van der Waals surface area contributed by atoms with Gasteiger partial charge in [-0.15, -0.1) is 0 Å². The molecule has 0 aliphatic carbocycles. The van der Waals surface area contributed by atoms with Crippen molar-refractivity contribution in [2.24, 2.45) is 0 Å². The molecule has 3 aromatic carbocycles. The smallest absolute Gasteiger partial charge is 0.204 e. The van der Waals surface area contributed by atoms with Crippen LogP contribution in [0.15, 0.2) is 36.4 Å². The van der Waals surface area contributed by atoms with Gasteiger partial charge < -0.3 is 33.9 Å². The summed E-state index contributed by atoms with van der Waals surface area (Å²) in [6, 6.07) is 11.2. The highest BCUT2D eigenvalue weighted by Gasteiger charge is 2.24. The fraction of sp³-hybridized carbons (Fsp3) is 0.419. The SMILES string of the molecule is CCCc1cc(OC)c(OC(CC)c2cc(OC)c(O)c(-c3cc(CCC)cc(OC)c3O)c2)c(OC)c1. The maximum atomic E-state index is 11.1. The molecule has 3 aromatic rings. The third kappa shape index (κ3) is 6.04. The lowest BCUT2D eigenvalue weighted by Gasteiger charge is -2.24. The van der Waals surface area contributed by atoms with Crippen LogP contribution in [0.4, 0.5) is 0 Å². The van der Waals surface area contributed by atoms with Crippen LogP contribution in [0.5, 0.6) is 40.2 Å². The summed E-state index contributed by atoms with van der Waals surface area (Å²) >= 11 is 0. The van der Waals surface area contributed by atoms with Crippen molar-refractivity contribution in [3.8, 4) is 51.4 Å². The maximum absolute atomic E-state index is 11.1. The molecule has 0 bridgehead atoms. The molecule has 1 unspecified atom stereocenters. The van der Waals surface area contributed by atoms with Crippen molar-refractivity contribution in [3.63, 3.8) is 0 Å². The minimum Gasteiger partial charge on any atom is -0.504 e. The molecule has 0 aliphatic rings.